The summed E-state index contributed by atoms with van der Waals surface area (Å²) in [7, 11) is 0. The Morgan fingerprint density at radius 2 is 2.42 bits per heavy atom. The lowest BCUT2D eigenvalue weighted by Crippen LogP contribution is -2.30. The first-order valence-electron chi connectivity index (χ1n) is 4.50. The van der Waals surface area contributed by atoms with E-state index in [1.807, 2.05) is 6.08 Å². The molecule has 0 spiro atoms. The maximum Gasteiger partial charge on any atom is 0.408 e. The summed E-state index contributed by atoms with van der Waals surface area (Å²) in [5.41, 5.74) is 0. The van der Waals surface area contributed by atoms with Gasteiger partial charge in [0.2, 0.25) is 0 Å². The van der Waals surface area contributed by atoms with Crippen LogP contribution in [0.4, 0.5) is 4.79 Å². The number of hydrogen-bond acceptors (Lipinski definition) is 2. The van der Waals surface area contributed by atoms with E-state index in [0.29, 0.717) is 0 Å². The third kappa shape index (κ3) is 1.44. The predicted molar refractivity (Wildman–Crippen MR) is 44.8 cm³/mol. The van der Waals surface area contributed by atoms with Crippen LogP contribution in [0.2, 0.25) is 0 Å². The van der Waals surface area contributed by atoms with Crippen molar-refractivity contribution < 1.29 is 9.53 Å². The van der Waals surface area contributed by atoms with Crippen LogP contribution in [0.5, 0.6) is 0 Å². The van der Waals surface area contributed by atoms with Crippen LogP contribution >= 0.6 is 0 Å². The molecule has 2 atom stereocenters. The van der Waals surface area contributed by atoms with Crippen LogP contribution in [0.3, 0.4) is 0 Å². The largest absolute Gasteiger partial charge is 0.440 e. The Labute approximate surface area is 71.8 Å². The zero-order valence-corrected chi connectivity index (χ0v) is 6.95. The van der Waals surface area contributed by atoms with E-state index in [2.05, 4.69) is 11.4 Å². The second-order valence-corrected chi connectivity index (χ2v) is 3.33. The van der Waals surface area contributed by atoms with Crippen molar-refractivity contribution in [2.24, 2.45) is 0 Å². The van der Waals surface area contributed by atoms with Gasteiger partial charge in [0.05, 0.1) is 6.04 Å². The van der Waals surface area contributed by atoms with Crippen LogP contribution in [-0.4, -0.2) is 18.2 Å². The summed E-state index contributed by atoms with van der Waals surface area (Å²) in [6.07, 6.45) is 8.37. The second kappa shape index (κ2) is 3.17. The molecule has 0 saturated carbocycles. The van der Waals surface area contributed by atoms with Crippen molar-refractivity contribution >= 4 is 6.09 Å². The summed E-state index contributed by atoms with van der Waals surface area (Å²) < 4.78 is 5.06. The minimum atomic E-state index is -0.267. The van der Waals surface area contributed by atoms with Gasteiger partial charge in [-0.3, -0.25) is 0 Å². The molecule has 1 heterocycles. The molecule has 2 aliphatic rings. The van der Waals surface area contributed by atoms with Crippen molar-refractivity contribution in [1.82, 2.24) is 5.32 Å². The van der Waals surface area contributed by atoms with E-state index < -0.39 is 0 Å². The highest BCUT2D eigenvalue weighted by Crippen LogP contribution is 2.19. The molecule has 0 aromatic carbocycles. The standard InChI is InChI=1S/C9H13NO2/c11-9-10-7-5-3-1-2-4-6-8(7)12-9/h4,6-8H,1-3,5H2,(H,10,11). The minimum Gasteiger partial charge on any atom is -0.440 e. The van der Waals surface area contributed by atoms with Crippen molar-refractivity contribution in [3.05, 3.63) is 12.2 Å². The number of carbonyl (C=O) groups is 1. The predicted octanol–water partition coefficient (Wildman–Crippen LogP) is 1.59. The van der Waals surface area contributed by atoms with E-state index in [4.69, 9.17) is 4.74 Å². The first-order valence-corrected chi connectivity index (χ1v) is 4.50. The number of allylic oxidation sites excluding steroid dienone is 1. The molecule has 0 radical (unpaired) electrons. The van der Waals surface area contributed by atoms with Crippen molar-refractivity contribution in [3.63, 3.8) is 0 Å². The molecule has 1 amide bonds. The summed E-state index contributed by atoms with van der Waals surface area (Å²) in [4.78, 5) is 10.9. The molecule has 1 aliphatic carbocycles. The van der Waals surface area contributed by atoms with Crippen molar-refractivity contribution in [1.29, 1.82) is 0 Å². The molecule has 0 bridgehead atoms. The number of hydrogen-bond donors (Lipinski definition) is 1. The molecule has 0 aromatic rings. The Morgan fingerprint density at radius 3 is 3.33 bits per heavy atom. The van der Waals surface area contributed by atoms with Crippen LogP contribution < -0.4 is 5.32 Å². The van der Waals surface area contributed by atoms with Crippen molar-refractivity contribution in [2.75, 3.05) is 0 Å². The van der Waals surface area contributed by atoms with Gasteiger partial charge in [-0.25, -0.2) is 4.79 Å². The molecule has 1 saturated heterocycles. The second-order valence-electron chi connectivity index (χ2n) is 3.33. The van der Waals surface area contributed by atoms with Gasteiger partial charge in [-0.2, -0.15) is 0 Å². The molecule has 1 fully saturated rings. The van der Waals surface area contributed by atoms with Gasteiger partial charge in [-0.05, 0) is 25.3 Å². The van der Waals surface area contributed by atoms with E-state index in [-0.39, 0.29) is 18.2 Å². The van der Waals surface area contributed by atoms with Crippen LogP contribution in [0.15, 0.2) is 12.2 Å². The number of fused-ring (bicyclic) bond motifs is 1. The van der Waals surface area contributed by atoms with E-state index >= 15 is 0 Å². The van der Waals surface area contributed by atoms with Gasteiger partial charge >= 0.3 is 6.09 Å². The monoisotopic (exact) mass is 167 g/mol. The maximum absolute atomic E-state index is 10.9. The van der Waals surface area contributed by atoms with Gasteiger partial charge < -0.3 is 10.1 Å². The summed E-state index contributed by atoms with van der Waals surface area (Å²) in [6.45, 7) is 0. The smallest absolute Gasteiger partial charge is 0.408 e. The zero-order valence-electron chi connectivity index (χ0n) is 6.95. The lowest BCUT2D eigenvalue weighted by Gasteiger charge is -2.15. The topological polar surface area (TPSA) is 38.3 Å². The highest BCUT2D eigenvalue weighted by molar-refractivity contribution is 5.70. The average Bonchev–Trinajstić information content (AvgIpc) is 2.32. The normalized spacial score (nSPS) is 34.5. The highest BCUT2D eigenvalue weighted by atomic mass is 16.6. The van der Waals surface area contributed by atoms with Crippen LogP contribution in [0, 0.1) is 0 Å². The highest BCUT2D eigenvalue weighted by Gasteiger charge is 2.31. The first-order chi connectivity index (χ1) is 5.86. The fourth-order valence-corrected chi connectivity index (χ4v) is 1.74. The Kier molecular flexibility index (Phi) is 2.02. The third-order valence-corrected chi connectivity index (χ3v) is 2.40. The van der Waals surface area contributed by atoms with Crippen LogP contribution in [0.25, 0.3) is 0 Å². The number of rotatable bonds is 0. The fraction of sp³-hybridized carbons (Fsp3) is 0.667. The quantitative estimate of drug-likeness (QED) is 0.556. The zero-order chi connectivity index (χ0) is 8.39. The lowest BCUT2D eigenvalue weighted by molar-refractivity contribution is 0.152. The fourth-order valence-electron chi connectivity index (χ4n) is 1.74. The SMILES string of the molecule is O=C1NC2CCCCC=CC2O1. The molecular formula is C9H13NO2. The number of nitrogens with one attached hydrogen (secondary N) is 1. The maximum atomic E-state index is 10.9. The molecule has 0 aromatic heterocycles. The minimum absolute atomic E-state index is 0.0159. The lowest BCUT2D eigenvalue weighted by atomic mass is 10.00. The Bertz CT molecular complexity index is 213. The molecule has 1 N–H and O–H groups in total. The molecule has 2 unspecified atom stereocenters. The summed E-state index contributed by atoms with van der Waals surface area (Å²) >= 11 is 0. The molecule has 3 heteroatoms. The Morgan fingerprint density at radius 1 is 1.50 bits per heavy atom. The van der Waals surface area contributed by atoms with E-state index in [1.165, 1.54) is 12.8 Å². The van der Waals surface area contributed by atoms with Gasteiger partial charge in [0.25, 0.3) is 0 Å². The van der Waals surface area contributed by atoms with E-state index in [9.17, 15) is 4.79 Å². The molecular weight excluding hydrogens is 154 g/mol. The molecule has 12 heavy (non-hydrogen) atoms. The van der Waals surface area contributed by atoms with Gasteiger partial charge in [0, 0.05) is 0 Å². The molecule has 66 valence electrons. The van der Waals surface area contributed by atoms with E-state index in [0.717, 1.165) is 12.8 Å². The van der Waals surface area contributed by atoms with Crippen molar-refractivity contribution in [3.8, 4) is 0 Å². The van der Waals surface area contributed by atoms with Crippen molar-refractivity contribution in [2.45, 2.75) is 37.8 Å². The van der Waals surface area contributed by atoms with Gasteiger partial charge in [0.15, 0.2) is 0 Å². The van der Waals surface area contributed by atoms with Gasteiger partial charge in [0.1, 0.15) is 6.10 Å². The first kappa shape index (κ1) is 7.65. The van der Waals surface area contributed by atoms with Gasteiger partial charge in [-0.1, -0.05) is 12.5 Å². The molecule has 1 aliphatic heterocycles. The summed E-state index contributed by atoms with van der Waals surface area (Å²) in [5.74, 6) is 0. The van der Waals surface area contributed by atoms with Crippen LogP contribution in [0.1, 0.15) is 25.7 Å². The molecule has 3 nitrogen and oxygen atoms in total. The third-order valence-electron chi connectivity index (χ3n) is 2.40. The number of carbonyl (C=O) groups excluding carboxylic acids is 1. The van der Waals surface area contributed by atoms with E-state index in [1.54, 1.807) is 0 Å². The molecule has 2 rings (SSSR count). The average molecular weight is 167 g/mol. The van der Waals surface area contributed by atoms with Gasteiger partial charge in [-0.15, -0.1) is 0 Å². The number of amides is 1. The Balaban J connectivity index is 2.07. The number of alkyl carbamates (subject to hydrolysis) is 1. The van der Waals surface area contributed by atoms with Crippen LogP contribution in [-0.2, 0) is 4.74 Å². The number of ether oxygens (including phenoxy) is 1. The Hall–Kier alpha value is -0.990. The summed E-state index contributed by atoms with van der Waals surface area (Å²) in [6, 6.07) is 0.217. The summed E-state index contributed by atoms with van der Waals surface area (Å²) in [5, 5.41) is 2.81.